The standard InChI is InChI=1S/C22H26N4O5S/c27-22(19-2-1-3-21(16-19)32(28,29)26-10-14-31-15-11-26)24-23-17-18-4-6-20(7-5-18)25-8-12-30-13-9-25/h1-7,16-17H,8-15H2,(H,24,27). The number of ether oxygens (including phenoxy) is 2. The molecule has 0 radical (unpaired) electrons. The largest absolute Gasteiger partial charge is 0.379 e. The molecular formula is C22H26N4O5S. The number of hydrogen-bond acceptors (Lipinski definition) is 7. The van der Waals surface area contributed by atoms with Gasteiger partial charge in [-0.15, -0.1) is 0 Å². The van der Waals surface area contributed by atoms with Crippen molar-refractivity contribution in [3.05, 3.63) is 59.7 Å². The second kappa shape index (κ2) is 10.2. The maximum absolute atomic E-state index is 12.8. The van der Waals surface area contributed by atoms with Gasteiger partial charge in [-0.2, -0.15) is 9.41 Å². The van der Waals surface area contributed by atoms with Crippen molar-refractivity contribution in [3.8, 4) is 0 Å². The average molecular weight is 459 g/mol. The van der Waals surface area contributed by atoms with E-state index in [1.165, 1.54) is 16.4 Å². The molecule has 4 rings (SSSR count). The SMILES string of the molecule is O=C(NN=Cc1ccc(N2CCOCC2)cc1)c1cccc(S(=O)(=O)N2CCOCC2)c1. The fraction of sp³-hybridized carbons (Fsp3) is 0.364. The van der Waals surface area contributed by atoms with E-state index < -0.39 is 15.9 Å². The molecule has 0 unspecified atom stereocenters. The number of sulfonamides is 1. The van der Waals surface area contributed by atoms with Crippen LogP contribution in [0.3, 0.4) is 0 Å². The molecule has 0 aliphatic carbocycles. The first-order valence-electron chi connectivity index (χ1n) is 10.5. The number of morpholine rings is 2. The highest BCUT2D eigenvalue weighted by molar-refractivity contribution is 7.89. The van der Waals surface area contributed by atoms with Crippen LogP contribution in [-0.2, 0) is 19.5 Å². The second-order valence-corrected chi connectivity index (χ2v) is 9.37. The summed E-state index contributed by atoms with van der Waals surface area (Å²) in [4.78, 5) is 14.8. The van der Waals surface area contributed by atoms with Crippen molar-refractivity contribution < 1.29 is 22.7 Å². The number of nitrogens with zero attached hydrogens (tertiary/aromatic N) is 3. The zero-order valence-corrected chi connectivity index (χ0v) is 18.5. The van der Waals surface area contributed by atoms with E-state index in [0.29, 0.717) is 26.3 Å². The third kappa shape index (κ3) is 5.33. The Morgan fingerprint density at radius 1 is 0.938 bits per heavy atom. The molecular weight excluding hydrogens is 432 g/mol. The Bertz CT molecular complexity index is 1060. The van der Waals surface area contributed by atoms with Gasteiger partial charge in [0.2, 0.25) is 10.0 Å². The normalized spacial score (nSPS) is 18.1. The second-order valence-electron chi connectivity index (χ2n) is 7.43. The van der Waals surface area contributed by atoms with Crippen LogP contribution in [-0.4, -0.2) is 77.5 Å². The zero-order chi connectivity index (χ0) is 22.4. The van der Waals surface area contributed by atoms with Crippen LogP contribution < -0.4 is 10.3 Å². The number of amides is 1. The van der Waals surface area contributed by atoms with Gasteiger partial charge in [-0.3, -0.25) is 4.79 Å². The Kier molecular flexibility index (Phi) is 7.15. The minimum absolute atomic E-state index is 0.0785. The molecule has 0 atom stereocenters. The first kappa shape index (κ1) is 22.4. The zero-order valence-electron chi connectivity index (χ0n) is 17.6. The van der Waals surface area contributed by atoms with Crippen molar-refractivity contribution in [2.24, 2.45) is 5.10 Å². The number of benzene rings is 2. The Labute approximate surface area is 187 Å². The van der Waals surface area contributed by atoms with Gasteiger partial charge in [0, 0.05) is 37.4 Å². The molecule has 0 bridgehead atoms. The lowest BCUT2D eigenvalue weighted by Gasteiger charge is -2.28. The summed E-state index contributed by atoms with van der Waals surface area (Å²) in [6.07, 6.45) is 1.55. The minimum Gasteiger partial charge on any atom is -0.379 e. The van der Waals surface area contributed by atoms with E-state index in [-0.39, 0.29) is 10.5 Å². The van der Waals surface area contributed by atoms with Crippen molar-refractivity contribution in [3.63, 3.8) is 0 Å². The highest BCUT2D eigenvalue weighted by Gasteiger charge is 2.26. The number of carbonyl (C=O) groups is 1. The van der Waals surface area contributed by atoms with Crippen LogP contribution >= 0.6 is 0 Å². The summed E-state index contributed by atoms with van der Waals surface area (Å²) in [5, 5.41) is 4.01. The van der Waals surface area contributed by atoms with Crippen LogP contribution in [0.25, 0.3) is 0 Å². The van der Waals surface area contributed by atoms with Gasteiger partial charge in [0.1, 0.15) is 0 Å². The number of anilines is 1. The summed E-state index contributed by atoms with van der Waals surface area (Å²) in [7, 11) is -3.67. The summed E-state index contributed by atoms with van der Waals surface area (Å²) in [6, 6.07) is 13.8. The van der Waals surface area contributed by atoms with Crippen molar-refractivity contribution >= 4 is 27.8 Å². The lowest BCUT2D eigenvalue weighted by molar-refractivity contribution is 0.0730. The molecule has 2 aromatic carbocycles. The monoisotopic (exact) mass is 458 g/mol. The fourth-order valence-corrected chi connectivity index (χ4v) is 5.01. The van der Waals surface area contributed by atoms with E-state index in [2.05, 4.69) is 15.4 Å². The minimum atomic E-state index is -3.67. The first-order valence-corrected chi connectivity index (χ1v) is 11.9. The molecule has 170 valence electrons. The van der Waals surface area contributed by atoms with Crippen LogP contribution in [0.4, 0.5) is 5.69 Å². The lowest BCUT2D eigenvalue weighted by Crippen LogP contribution is -2.40. The van der Waals surface area contributed by atoms with E-state index in [9.17, 15) is 13.2 Å². The summed E-state index contributed by atoms with van der Waals surface area (Å²) in [5.74, 6) is -0.481. The van der Waals surface area contributed by atoms with Crippen LogP contribution in [0.1, 0.15) is 15.9 Å². The van der Waals surface area contributed by atoms with Crippen LogP contribution in [0.15, 0.2) is 58.5 Å². The van der Waals surface area contributed by atoms with E-state index >= 15 is 0 Å². The highest BCUT2D eigenvalue weighted by Crippen LogP contribution is 2.19. The Morgan fingerprint density at radius 3 is 2.28 bits per heavy atom. The number of rotatable bonds is 6. The van der Waals surface area contributed by atoms with Crippen molar-refractivity contribution in [1.29, 1.82) is 0 Å². The summed E-state index contributed by atoms with van der Waals surface area (Å²) in [6.45, 7) is 4.51. The van der Waals surface area contributed by atoms with Gasteiger partial charge in [0.15, 0.2) is 0 Å². The predicted octanol–water partition coefficient (Wildman–Crippen LogP) is 1.31. The average Bonchev–Trinajstić information content (AvgIpc) is 2.85. The molecule has 2 aromatic rings. The number of hydrazone groups is 1. The molecule has 2 aliphatic rings. The predicted molar refractivity (Wildman–Crippen MR) is 121 cm³/mol. The third-order valence-corrected chi connectivity index (χ3v) is 7.25. The third-order valence-electron chi connectivity index (χ3n) is 5.35. The van der Waals surface area contributed by atoms with Gasteiger partial charge < -0.3 is 14.4 Å². The summed E-state index contributed by atoms with van der Waals surface area (Å²) >= 11 is 0. The fourth-order valence-electron chi connectivity index (χ4n) is 3.56. The topological polar surface area (TPSA) is 101 Å². The van der Waals surface area contributed by atoms with E-state index in [0.717, 1.165) is 37.6 Å². The number of hydrogen-bond donors (Lipinski definition) is 1. The Hall–Kier alpha value is -2.79. The molecule has 0 aromatic heterocycles. The first-order chi connectivity index (χ1) is 15.5. The van der Waals surface area contributed by atoms with E-state index in [1.807, 2.05) is 24.3 Å². The quantitative estimate of drug-likeness (QED) is 0.518. The highest BCUT2D eigenvalue weighted by atomic mass is 32.2. The molecule has 1 N–H and O–H groups in total. The van der Waals surface area contributed by atoms with E-state index in [1.54, 1.807) is 18.3 Å². The van der Waals surface area contributed by atoms with Crippen molar-refractivity contribution in [2.45, 2.75) is 4.90 Å². The summed E-state index contributed by atoms with van der Waals surface area (Å²) in [5.41, 5.74) is 4.64. The van der Waals surface area contributed by atoms with Crippen LogP contribution in [0.5, 0.6) is 0 Å². The van der Waals surface area contributed by atoms with Gasteiger partial charge >= 0.3 is 0 Å². The van der Waals surface area contributed by atoms with Crippen LogP contribution in [0.2, 0.25) is 0 Å². The molecule has 2 aliphatic heterocycles. The molecule has 0 spiro atoms. The molecule has 9 nitrogen and oxygen atoms in total. The molecule has 2 heterocycles. The number of nitrogens with one attached hydrogen (secondary N) is 1. The van der Waals surface area contributed by atoms with Crippen molar-refractivity contribution in [2.75, 3.05) is 57.5 Å². The lowest BCUT2D eigenvalue weighted by atomic mass is 10.2. The maximum Gasteiger partial charge on any atom is 0.271 e. The Balaban J connectivity index is 1.37. The van der Waals surface area contributed by atoms with E-state index in [4.69, 9.17) is 9.47 Å². The molecule has 2 fully saturated rings. The van der Waals surface area contributed by atoms with Crippen molar-refractivity contribution in [1.82, 2.24) is 9.73 Å². The molecule has 1 amide bonds. The molecule has 2 saturated heterocycles. The van der Waals surface area contributed by atoms with Gasteiger partial charge in [0.25, 0.3) is 5.91 Å². The summed E-state index contributed by atoms with van der Waals surface area (Å²) < 4.78 is 37.6. The molecule has 0 saturated carbocycles. The van der Waals surface area contributed by atoms with Crippen LogP contribution in [0, 0.1) is 0 Å². The number of carbonyl (C=O) groups excluding carboxylic acids is 1. The van der Waals surface area contributed by atoms with Gasteiger partial charge in [-0.1, -0.05) is 18.2 Å². The smallest absolute Gasteiger partial charge is 0.271 e. The van der Waals surface area contributed by atoms with Gasteiger partial charge in [0.05, 0.1) is 37.5 Å². The Morgan fingerprint density at radius 2 is 1.59 bits per heavy atom. The molecule has 10 heteroatoms. The van der Waals surface area contributed by atoms with Gasteiger partial charge in [-0.25, -0.2) is 13.8 Å². The maximum atomic E-state index is 12.8. The molecule has 32 heavy (non-hydrogen) atoms. The van der Waals surface area contributed by atoms with Gasteiger partial charge in [-0.05, 0) is 35.9 Å².